The zero-order valence-corrected chi connectivity index (χ0v) is 15.9. The lowest BCUT2D eigenvalue weighted by Gasteiger charge is -2.01. The van der Waals surface area contributed by atoms with Crippen molar-refractivity contribution in [3.05, 3.63) is 69.7 Å². The normalized spacial score (nSPS) is 10.7. The van der Waals surface area contributed by atoms with Crippen LogP contribution in [0.1, 0.15) is 5.69 Å². The first-order valence-corrected chi connectivity index (χ1v) is 9.88. The zero-order chi connectivity index (χ0) is 19.5. The number of anilines is 3. The molecule has 0 aliphatic carbocycles. The van der Waals surface area contributed by atoms with E-state index in [2.05, 4.69) is 20.6 Å². The molecule has 8 nitrogen and oxygen atoms in total. The Kier molecular flexibility index (Phi) is 4.96. The molecular formula is C18H13N5O3S2. The molecule has 0 fully saturated rings. The minimum Gasteiger partial charge on any atom is -0.332 e. The molecule has 0 aliphatic rings. The number of aromatic nitrogens is 2. The Morgan fingerprint density at radius 1 is 1.11 bits per heavy atom. The predicted octanol–water partition coefficient (Wildman–Crippen LogP) is 4.59. The number of carbonyl (C=O) groups excluding carboxylic acids is 1. The van der Waals surface area contributed by atoms with Crippen LogP contribution < -0.4 is 10.6 Å². The van der Waals surface area contributed by atoms with Crippen LogP contribution >= 0.6 is 22.7 Å². The van der Waals surface area contributed by atoms with E-state index < -0.39 is 4.92 Å². The van der Waals surface area contributed by atoms with Crippen molar-refractivity contribution in [2.45, 2.75) is 6.42 Å². The molecule has 4 aromatic rings. The molecule has 0 saturated carbocycles. The molecular weight excluding hydrogens is 398 g/mol. The van der Waals surface area contributed by atoms with E-state index in [-0.39, 0.29) is 18.0 Å². The Labute approximate surface area is 167 Å². The maximum atomic E-state index is 12.3. The van der Waals surface area contributed by atoms with Crippen LogP contribution in [-0.4, -0.2) is 20.8 Å². The number of rotatable bonds is 6. The standard InChI is InChI=1S/C18H13N5O3S2/c24-16(8-12-10-27-17(20-12)19-11-4-2-1-3-5-11)22-18-21-14-7-6-13(23(25)26)9-15(14)28-18/h1-7,9-10H,8H2,(H,19,20)(H,21,22,24). The highest BCUT2D eigenvalue weighted by atomic mass is 32.1. The molecule has 0 saturated heterocycles. The summed E-state index contributed by atoms with van der Waals surface area (Å²) < 4.78 is 0.646. The zero-order valence-electron chi connectivity index (χ0n) is 14.3. The Morgan fingerprint density at radius 2 is 1.93 bits per heavy atom. The van der Waals surface area contributed by atoms with Gasteiger partial charge in [0.2, 0.25) is 5.91 Å². The molecule has 0 spiro atoms. The number of para-hydroxylation sites is 1. The molecule has 140 valence electrons. The third-order valence-corrected chi connectivity index (χ3v) is 5.49. The van der Waals surface area contributed by atoms with Crippen LogP contribution in [-0.2, 0) is 11.2 Å². The van der Waals surface area contributed by atoms with Crippen molar-refractivity contribution in [2.24, 2.45) is 0 Å². The van der Waals surface area contributed by atoms with Crippen LogP contribution in [0, 0.1) is 10.1 Å². The second-order valence-electron chi connectivity index (χ2n) is 5.79. The summed E-state index contributed by atoms with van der Waals surface area (Å²) >= 11 is 2.62. The number of amides is 1. The van der Waals surface area contributed by atoms with Gasteiger partial charge in [0.15, 0.2) is 10.3 Å². The molecule has 2 N–H and O–H groups in total. The number of nitrogens with zero attached hydrogens (tertiary/aromatic N) is 3. The maximum absolute atomic E-state index is 12.3. The number of thiazole rings is 2. The first-order valence-electron chi connectivity index (χ1n) is 8.18. The Bertz CT molecular complexity index is 1160. The van der Waals surface area contributed by atoms with E-state index in [1.54, 1.807) is 6.07 Å². The van der Waals surface area contributed by atoms with E-state index >= 15 is 0 Å². The smallest absolute Gasteiger partial charge is 0.270 e. The highest BCUT2D eigenvalue weighted by molar-refractivity contribution is 7.22. The Balaban J connectivity index is 1.40. The first-order chi connectivity index (χ1) is 13.6. The Hall–Kier alpha value is -3.37. The minimum atomic E-state index is -0.458. The van der Waals surface area contributed by atoms with Gasteiger partial charge in [-0.25, -0.2) is 9.97 Å². The number of non-ortho nitro benzene ring substituents is 1. The summed E-state index contributed by atoms with van der Waals surface area (Å²) in [5.41, 5.74) is 2.18. The Morgan fingerprint density at radius 3 is 2.71 bits per heavy atom. The topological polar surface area (TPSA) is 110 Å². The van der Waals surface area contributed by atoms with Crippen molar-refractivity contribution in [1.82, 2.24) is 9.97 Å². The lowest BCUT2D eigenvalue weighted by atomic mass is 10.3. The molecule has 28 heavy (non-hydrogen) atoms. The molecule has 0 aliphatic heterocycles. The fraction of sp³-hybridized carbons (Fsp3) is 0.0556. The van der Waals surface area contributed by atoms with E-state index in [4.69, 9.17) is 0 Å². The largest absolute Gasteiger partial charge is 0.332 e. The van der Waals surface area contributed by atoms with Crippen molar-refractivity contribution in [3.63, 3.8) is 0 Å². The number of fused-ring (bicyclic) bond motifs is 1. The molecule has 10 heteroatoms. The maximum Gasteiger partial charge on any atom is 0.270 e. The number of nitrogens with one attached hydrogen (secondary N) is 2. The summed E-state index contributed by atoms with van der Waals surface area (Å²) in [4.78, 5) is 31.4. The van der Waals surface area contributed by atoms with Gasteiger partial charge < -0.3 is 10.6 Å². The van der Waals surface area contributed by atoms with Gasteiger partial charge in [-0.3, -0.25) is 14.9 Å². The van der Waals surface area contributed by atoms with Crippen molar-refractivity contribution >= 4 is 60.4 Å². The summed E-state index contributed by atoms with van der Waals surface area (Å²) in [6, 6.07) is 14.1. The molecule has 0 radical (unpaired) electrons. The molecule has 0 bridgehead atoms. The third-order valence-electron chi connectivity index (χ3n) is 3.75. The number of carbonyl (C=O) groups is 1. The van der Waals surface area contributed by atoms with Gasteiger partial charge in [-0.1, -0.05) is 29.5 Å². The van der Waals surface area contributed by atoms with Crippen LogP contribution in [0.5, 0.6) is 0 Å². The number of hydrogen-bond acceptors (Lipinski definition) is 8. The molecule has 2 aromatic carbocycles. The highest BCUT2D eigenvalue weighted by Crippen LogP contribution is 2.29. The third kappa shape index (κ3) is 4.13. The summed E-state index contributed by atoms with van der Waals surface area (Å²) in [6.07, 6.45) is 0.114. The van der Waals surface area contributed by atoms with Gasteiger partial charge in [0.05, 0.1) is 27.3 Å². The van der Waals surface area contributed by atoms with Gasteiger partial charge in [-0.2, -0.15) is 0 Å². The molecule has 2 aromatic heterocycles. The van der Waals surface area contributed by atoms with E-state index in [0.29, 0.717) is 26.2 Å². The lowest BCUT2D eigenvalue weighted by Crippen LogP contribution is -2.14. The van der Waals surface area contributed by atoms with Gasteiger partial charge >= 0.3 is 0 Å². The van der Waals surface area contributed by atoms with Crippen LogP contribution in [0.3, 0.4) is 0 Å². The number of benzene rings is 2. The molecule has 2 heterocycles. The lowest BCUT2D eigenvalue weighted by molar-refractivity contribution is -0.384. The summed E-state index contributed by atoms with van der Waals surface area (Å²) in [5.74, 6) is -0.245. The second-order valence-corrected chi connectivity index (χ2v) is 7.68. The first kappa shape index (κ1) is 18.0. The summed E-state index contributed by atoms with van der Waals surface area (Å²) in [6.45, 7) is 0. The fourth-order valence-electron chi connectivity index (χ4n) is 2.50. The van der Waals surface area contributed by atoms with Gasteiger partial charge in [-0.05, 0) is 18.2 Å². The van der Waals surface area contributed by atoms with Gasteiger partial charge in [0, 0.05) is 23.2 Å². The van der Waals surface area contributed by atoms with Crippen LogP contribution in [0.4, 0.5) is 21.6 Å². The molecule has 0 atom stereocenters. The van der Waals surface area contributed by atoms with E-state index in [0.717, 1.165) is 5.69 Å². The number of nitro groups is 1. The van der Waals surface area contributed by atoms with Crippen LogP contribution in [0.15, 0.2) is 53.9 Å². The van der Waals surface area contributed by atoms with Crippen LogP contribution in [0.25, 0.3) is 10.2 Å². The van der Waals surface area contributed by atoms with E-state index in [9.17, 15) is 14.9 Å². The molecule has 0 unspecified atom stereocenters. The number of nitro benzene ring substituents is 1. The van der Waals surface area contributed by atoms with Crippen molar-refractivity contribution in [1.29, 1.82) is 0 Å². The predicted molar refractivity (Wildman–Crippen MR) is 110 cm³/mol. The van der Waals surface area contributed by atoms with Crippen molar-refractivity contribution in [3.8, 4) is 0 Å². The van der Waals surface area contributed by atoms with Gasteiger partial charge in [0.25, 0.3) is 5.69 Å². The monoisotopic (exact) mass is 411 g/mol. The van der Waals surface area contributed by atoms with E-state index in [1.165, 1.54) is 34.8 Å². The second kappa shape index (κ2) is 7.71. The average molecular weight is 411 g/mol. The van der Waals surface area contributed by atoms with Crippen molar-refractivity contribution in [2.75, 3.05) is 10.6 Å². The summed E-state index contributed by atoms with van der Waals surface area (Å²) in [7, 11) is 0. The molecule has 4 rings (SSSR count). The molecule has 1 amide bonds. The SMILES string of the molecule is O=C(Cc1csc(Nc2ccccc2)n1)Nc1nc2ccc([N+](=O)[O-])cc2s1. The van der Waals surface area contributed by atoms with Gasteiger partial charge in [-0.15, -0.1) is 11.3 Å². The van der Waals surface area contributed by atoms with Crippen molar-refractivity contribution < 1.29 is 9.72 Å². The quantitative estimate of drug-likeness (QED) is 0.355. The van der Waals surface area contributed by atoms with E-state index in [1.807, 2.05) is 35.7 Å². The summed E-state index contributed by atoms with van der Waals surface area (Å²) in [5, 5.41) is 19.7. The van der Waals surface area contributed by atoms with Crippen LogP contribution in [0.2, 0.25) is 0 Å². The van der Waals surface area contributed by atoms with Gasteiger partial charge in [0.1, 0.15) is 0 Å². The highest BCUT2D eigenvalue weighted by Gasteiger charge is 2.13. The number of hydrogen-bond donors (Lipinski definition) is 2. The fourth-order valence-corrected chi connectivity index (χ4v) is 4.14. The average Bonchev–Trinajstić information content (AvgIpc) is 3.27. The minimum absolute atomic E-state index is 0.00468.